The van der Waals surface area contributed by atoms with Crippen molar-refractivity contribution in [2.24, 2.45) is 5.14 Å². The van der Waals surface area contributed by atoms with Crippen LogP contribution >= 0.6 is 0 Å². The maximum atomic E-state index is 12.6. The fourth-order valence-electron chi connectivity index (χ4n) is 2.08. The third-order valence-electron chi connectivity index (χ3n) is 3.41. The largest absolute Gasteiger partial charge is 0.416 e. The molecule has 2 aromatic carbocycles. The summed E-state index contributed by atoms with van der Waals surface area (Å²) in [5.74, 6) is 0. The monoisotopic (exact) mass is 387 g/mol. The zero-order valence-electron chi connectivity index (χ0n) is 13.4. The number of nitrogens with two attached hydrogens (primary N) is 1. The maximum Gasteiger partial charge on any atom is 0.416 e. The molecule has 0 bridgehead atoms. The smallest absolute Gasteiger partial charge is 0.334 e. The molecule has 26 heavy (non-hydrogen) atoms. The third-order valence-corrected chi connectivity index (χ3v) is 4.34. The van der Waals surface area contributed by atoms with Gasteiger partial charge in [-0.1, -0.05) is 24.3 Å². The number of benzene rings is 2. The molecule has 0 saturated carbocycles. The summed E-state index contributed by atoms with van der Waals surface area (Å²) in [6.45, 7) is 0.0411. The first-order chi connectivity index (χ1) is 12.1. The number of carbonyl (C=O) groups is 1. The molecule has 2 aromatic rings. The SMILES string of the molecule is NS(=O)(=O)c1ccc(CNC(=O)NCc2cccc(C(F)(F)F)c2)cc1. The van der Waals surface area contributed by atoms with Crippen molar-refractivity contribution in [3.63, 3.8) is 0 Å². The number of hydrogen-bond acceptors (Lipinski definition) is 3. The third kappa shape index (κ3) is 5.74. The molecule has 0 aliphatic carbocycles. The minimum atomic E-state index is -4.44. The van der Waals surface area contributed by atoms with Gasteiger partial charge in [0.2, 0.25) is 10.0 Å². The molecule has 0 unspecified atom stereocenters. The van der Waals surface area contributed by atoms with Crippen LogP contribution in [0.2, 0.25) is 0 Å². The van der Waals surface area contributed by atoms with Crippen molar-refractivity contribution in [3.05, 3.63) is 65.2 Å². The minimum absolute atomic E-state index is 0.0461. The number of halogens is 3. The highest BCUT2D eigenvalue weighted by Crippen LogP contribution is 2.29. The van der Waals surface area contributed by atoms with Crippen LogP contribution in [0, 0.1) is 0 Å². The summed E-state index contributed by atoms with van der Waals surface area (Å²) in [7, 11) is -3.78. The maximum absolute atomic E-state index is 12.6. The Morgan fingerprint density at radius 3 is 2.08 bits per heavy atom. The highest BCUT2D eigenvalue weighted by molar-refractivity contribution is 7.89. The molecular formula is C16H16F3N3O3S. The van der Waals surface area contributed by atoms with Gasteiger partial charge in [-0.05, 0) is 35.4 Å². The van der Waals surface area contributed by atoms with Crippen LogP contribution in [0.25, 0.3) is 0 Å². The highest BCUT2D eigenvalue weighted by Gasteiger charge is 2.30. The van der Waals surface area contributed by atoms with Crippen LogP contribution in [-0.4, -0.2) is 14.4 Å². The number of rotatable bonds is 5. The molecule has 0 aliphatic rings. The number of nitrogens with one attached hydrogen (secondary N) is 2. The molecule has 2 rings (SSSR count). The van der Waals surface area contributed by atoms with Crippen LogP contribution in [0.5, 0.6) is 0 Å². The lowest BCUT2D eigenvalue weighted by atomic mass is 10.1. The molecule has 0 aliphatic heterocycles. The predicted octanol–water partition coefficient (Wildman–Crippen LogP) is 2.35. The van der Waals surface area contributed by atoms with E-state index in [-0.39, 0.29) is 18.0 Å². The van der Waals surface area contributed by atoms with Gasteiger partial charge in [0, 0.05) is 13.1 Å². The molecular weight excluding hydrogens is 371 g/mol. The van der Waals surface area contributed by atoms with Gasteiger partial charge in [-0.3, -0.25) is 0 Å². The first kappa shape index (κ1) is 19.7. The van der Waals surface area contributed by atoms with E-state index in [4.69, 9.17) is 5.14 Å². The van der Waals surface area contributed by atoms with Crippen LogP contribution in [0.4, 0.5) is 18.0 Å². The molecule has 2 amide bonds. The Balaban J connectivity index is 1.86. The lowest BCUT2D eigenvalue weighted by Crippen LogP contribution is -2.34. The van der Waals surface area contributed by atoms with E-state index in [1.165, 1.54) is 36.4 Å². The second kappa shape index (κ2) is 7.75. The van der Waals surface area contributed by atoms with E-state index in [1.54, 1.807) is 0 Å². The normalized spacial score (nSPS) is 11.8. The van der Waals surface area contributed by atoms with Crippen LogP contribution in [0.3, 0.4) is 0 Å². The van der Waals surface area contributed by atoms with E-state index in [1.807, 2.05) is 0 Å². The number of urea groups is 1. The summed E-state index contributed by atoms with van der Waals surface area (Å²) in [4.78, 5) is 11.7. The van der Waals surface area contributed by atoms with E-state index in [2.05, 4.69) is 10.6 Å². The van der Waals surface area contributed by atoms with Gasteiger partial charge in [0.1, 0.15) is 0 Å². The standard InChI is InChI=1S/C16H16F3N3O3S/c17-16(18,19)13-3-1-2-12(8-13)10-22-15(23)21-9-11-4-6-14(7-5-11)26(20,24)25/h1-8H,9-10H2,(H2,20,24,25)(H2,21,22,23). The molecule has 4 N–H and O–H groups in total. The van der Waals surface area contributed by atoms with Gasteiger partial charge < -0.3 is 10.6 Å². The molecule has 6 nitrogen and oxygen atoms in total. The van der Waals surface area contributed by atoms with Crippen molar-refractivity contribution in [2.75, 3.05) is 0 Å². The Kier molecular flexibility index (Phi) is 5.88. The number of hydrogen-bond donors (Lipinski definition) is 3. The summed E-state index contributed by atoms with van der Waals surface area (Å²) in [5, 5.41) is 9.95. The fourth-order valence-corrected chi connectivity index (χ4v) is 2.60. The van der Waals surface area contributed by atoms with E-state index in [0.29, 0.717) is 11.1 Å². The van der Waals surface area contributed by atoms with Crippen molar-refractivity contribution in [2.45, 2.75) is 24.2 Å². The van der Waals surface area contributed by atoms with Gasteiger partial charge in [0.25, 0.3) is 0 Å². The average molecular weight is 387 g/mol. The lowest BCUT2D eigenvalue weighted by Gasteiger charge is -2.10. The molecule has 0 fully saturated rings. The Morgan fingerprint density at radius 1 is 0.962 bits per heavy atom. The lowest BCUT2D eigenvalue weighted by molar-refractivity contribution is -0.137. The fraction of sp³-hybridized carbons (Fsp3) is 0.188. The number of amides is 2. The van der Waals surface area contributed by atoms with Crippen LogP contribution in [0.1, 0.15) is 16.7 Å². The Labute approximate surface area is 148 Å². The highest BCUT2D eigenvalue weighted by atomic mass is 32.2. The van der Waals surface area contributed by atoms with Gasteiger partial charge in [-0.15, -0.1) is 0 Å². The van der Waals surface area contributed by atoms with Crippen LogP contribution < -0.4 is 15.8 Å². The first-order valence-electron chi connectivity index (χ1n) is 7.35. The van der Waals surface area contributed by atoms with Crippen molar-refractivity contribution < 1.29 is 26.4 Å². The van der Waals surface area contributed by atoms with E-state index >= 15 is 0 Å². The molecule has 0 aromatic heterocycles. The molecule has 0 spiro atoms. The van der Waals surface area contributed by atoms with E-state index < -0.39 is 27.8 Å². The first-order valence-corrected chi connectivity index (χ1v) is 8.90. The molecule has 140 valence electrons. The van der Waals surface area contributed by atoms with Crippen molar-refractivity contribution >= 4 is 16.1 Å². The molecule has 0 heterocycles. The number of sulfonamides is 1. The number of primary sulfonamides is 1. The van der Waals surface area contributed by atoms with Crippen LogP contribution in [-0.2, 0) is 29.3 Å². The van der Waals surface area contributed by atoms with Gasteiger partial charge in [0.15, 0.2) is 0 Å². The Bertz CT molecular complexity index is 882. The minimum Gasteiger partial charge on any atom is -0.334 e. The number of alkyl halides is 3. The van der Waals surface area contributed by atoms with Crippen LogP contribution in [0.15, 0.2) is 53.4 Å². The molecule has 0 saturated heterocycles. The Hall–Kier alpha value is -2.59. The second-order valence-corrected chi connectivity index (χ2v) is 6.98. The van der Waals surface area contributed by atoms with E-state index in [9.17, 15) is 26.4 Å². The number of carbonyl (C=O) groups excluding carboxylic acids is 1. The summed E-state index contributed by atoms with van der Waals surface area (Å²) in [5.41, 5.74) is 0.159. The second-order valence-electron chi connectivity index (χ2n) is 5.42. The van der Waals surface area contributed by atoms with Crippen molar-refractivity contribution in [1.82, 2.24) is 10.6 Å². The van der Waals surface area contributed by atoms with Crippen molar-refractivity contribution in [3.8, 4) is 0 Å². The molecule has 0 atom stereocenters. The summed E-state index contributed by atoms with van der Waals surface area (Å²) < 4.78 is 60.2. The van der Waals surface area contributed by atoms with Crippen molar-refractivity contribution in [1.29, 1.82) is 0 Å². The summed E-state index contributed by atoms with van der Waals surface area (Å²) >= 11 is 0. The quantitative estimate of drug-likeness (QED) is 0.734. The Morgan fingerprint density at radius 2 is 1.54 bits per heavy atom. The predicted molar refractivity (Wildman–Crippen MR) is 88.3 cm³/mol. The van der Waals surface area contributed by atoms with E-state index in [0.717, 1.165) is 12.1 Å². The zero-order chi connectivity index (χ0) is 19.4. The van der Waals surface area contributed by atoms with Gasteiger partial charge in [-0.2, -0.15) is 13.2 Å². The van der Waals surface area contributed by atoms with Gasteiger partial charge in [-0.25, -0.2) is 18.4 Å². The molecule has 10 heteroatoms. The van der Waals surface area contributed by atoms with Gasteiger partial charge in [0.05, 0.1) is 10.5 Å². The molecule has 0 radical (unpaired) electrons. The summed E-state index contributed by atoms with van der Waals surface area (Å²) in [6, 6.07) is 9.70. The van der Waals surface area contributed by atoms with Gasteiger partial charge >= 0.3 is 12.2 Å². The summed E-state index contributed by atoms with van der Waals surface area (Å²) in [6.07, 6.45) is -4.44. The zero-order valence-corrected chi connectivity index (χ0v) is 14.2. The average Bonchev–Trinajstić information content (AvgIpc) is 2.57. The topological polar surface area (TPSA) is 101 Å².